The van der Waals surface area contributed by atoms with Crippen molar-refractivity contribution in [2.45, 2.75) is 82.0 Å². The maximum atomic E-state index is 2.90. The number of anilines is 1. The third-order valence-corrected chi connectivity index (χ3v) is 7.31. The minimum atomic E-state index is 0.382. The number of nitrogens with zero attached hydrogens (tertiary/aromatic N) is 2. The molecule has 6 atom stereocenters. The number of hydrogen-bond donors (Lipinski definition) is 0. The average Bonchev–Trinajstić information content (AvgIpc) is 3.09. The highest BCUT2D eigenvalue weighted by Gasteiger charge is 2.55. The number of piperidine rings is 1. The van der Waals surface area contributed by atoms with Gasteiger partial charge in [-0.1, -0.05) is 31.0 Å². The molecule has 0 bridgehead atoms. The molecule has 3 aliphatic heterocycles. The molecule has 5 rings (SSSR count). The fourth-order valence-electron chi connectivity index (χ4n) is 6.10. The van der Waals surface area contributed by atoms with Crippen molar-refractivity contribution in [2.75, 3.05) is 11.4 Å². The average molecular weight is 296 g/mol. The summed E-state index contributed by atoms with van der Waals surface area (Å²) >= 11 is 0. The predicted molar refractivity (Wildman–Crippen MR) is 91.5 cm³/mol. The Hall–Kier alpha value is -1.02. The summed E-state index contributed by atoms with van der Waals surface area (Å²) in [5.41, 5.74) is 3.60. The summed E-state index contributed by atoms with van der Waals surface area (Å²) < 4.78 is 0. The highest BCUT2D eigenvalue weighted by molar-refractivity contribution is 5.65. The SMILES string of the molecule is CC1C2CC(N3c4ccccc4C4CCCCC43C)CCN12. The highest BCUT2D eigenvalue weighted by atomic mass is 15.4. The molecule has 2 nitrogen and oxygen atoms in total. The molecule has 0 aromatic heterocycles. The summed E-state index contributed by atoms with van der Waals surface area (Å²) in [7, 11) is 0. The van der Waals surface area contributed by atoms with Crippen molar-refractivity contribution in [3.63, 3.8) is 0 Å². The Morgan fingerprint density at radius 2 is 2.00 bits per heavy atom. The van der Waals surface area contributed by atoms with Crippen LogP contribution in [0.1, 0.15) is 63.9 Å². The van der Waals surface area contributed by atoms with Gasteiger partial charge < -0.3 is 4.90 Å². The molecular weight excluding hydrogens is 268 g/mol. The van der Waals surface area contributed by atoms with Gasteiger partial charge in [-0.3, -0.25) is 4.90 Å². The first-order chi connectivity index (χ1) is 10.7. The number of hydrogen-bond acceptors (Lipinski definition) is 2. The molecule has 2 heteroatoms. The van der Waals surface area contributed by atoms with Crippen molar-refractivity contribution in [2.24, 2.45) is 0 Å². The van der Waals surface area contributed by atoms with E-state index in [1.54, 1.807) is 11.3 Å². The van der Waals surface area contributed by atoms with Crippen molar-refractivity contribution in [3.8, 4) is 0 Å². The summed E-state index contributed by atoms with van der Waals surface area (Å²) in [4.78, 5) is 5.59. The number of para-hydroxylation sites is 1. The molecule has 118 valence electrons. The molecule has 3 fully saturated rings. The largest absolute Gasteiger partial charge is 0.362 e. The molecule has 0 amide bonds. The van der Waals surface area contributed by atoms with Crippen molar-refractivity contribution in [3.05, 3.63) is 29.8 Å². The zero-order valence-electron chi connectivity index (χ0n) is 14.0. The molecular formula is C20H28N2. The number of rotatable bonds is 1. The van der Waals surface area contributed by atoms with Gasteiger partial charge in [0.05, 0.1) is 0 Å². The van der Waals surface area contributed by atoms with Crippen LogP contribution in [0.15, 0.2) is 24.3 Å². The van der Waals surface area contributed by atoms with Crippen LogP contribution < -0.4 is 4.90 Å². The van der Waals surface area contributed by atoms with Crippen LogP contribution in [0.2, 0.25) is 0 Å². The third-order valence-electron chi connectivity index (χ3n) is 7.31. The first-order valence-corrected chi connectivity index (χ1v) is 9.34. The molecule has 0 radical (unpaired) electrons. The molecule has 3 heterocycles. The van der Waals surface area contributed by atoms with Crippen molar-refractivity contribution in [1.29, 1.82) is 0 Å². The van der Waals surface area contributed by atoms with Gasteiger partial charge in [-0.15, -0.1) is 0 Å². The number of fused-ring (bicyclic) bond motifs is 4. The van der Waals surface area contributed by atoms with Gasteiger partial charge in [0, 0.05) is 41.8 Å². The standard InChI is InChI=1S/C20H28N2/c1-14-19-13-15(10-12-21(14)19)22-18-9-4-3-7-16(18)17-8-5-6-11-20(17,22)2/h3-4,7,9,14-15,17,19H,5-6,8,10-13H2,1-2H3. The second-order valence-electron chi connectivity index (χ2n) is 8.31. The van der Waals surface area contributed by atoms with Gasteiger partial charge in [-0.2, -0.15) is 0 Å². The van der Waals surface area contributed by atoms with E-state index in [4.69, 9.17) is 0 Å². The zero-order chi connectivity index (χ0) is 14.9. The van der Waals surface area contributed by atoms with Crippen molar-refractivity contribution in [1.82, 2.24) is 4.90 Å². The van der Waals surface area contributed by atoms with Crippen LogP contribution in [-0.2, 0) is 0 Å². The Morgan fingerprint density at radius 1 is 1.14 bits per heavy atom. The van der Waals surface area contributed by atoms with Gasteiger partial charge in [0.25, 0.3) is 0 Å². The van der Waals surface area contributed by atoms with E-state index in [1.165, 1.54) is 45.1 Å². The Balaban J connectivity index is 1.55. The molecule has 1 aromatic rings. The second kappa shape index (κ2) is 4.50. The normalized spacial score (nSPS) is 45.9. The van der Waals surface area contributed by atoms with E-state index in [9.17, 15) is 0 Å². The molecule has 4 aliphatic rings. The lowest BCUT2D eigenvalue weighted by Crippen LogP contribution is -2.54. The summed E-state index contributed by atoms with van der Waals surface area (Å²) in [6.45, 7) is 6.30. The van der Waals surface area contributed by atoms with E-state index < -0.39 is 0 Å². The maximum absolute atomic E-state index is 2.90. The molecule has 1 saturated carbocycles. The van der Waals surface area contributed by atoms with Gasteiger partial charge >= 0.3 is 0 Å². The second-order valence-corrected chi connectivity index (χ2v) is 8.31. The molecule has 22 heavy (non-hydrogen) atoms. The predicted octanol–water partition coefficient (Wildman–Crippen LogP) is 4.16. The lowest BCUT2D eigenvalue weighted by molar-refractivity contribution is 0.235. The van der Waals surface area contributed by atoms with Crippen LogP contribution in [0.5, 0.6) is 0 Å². The Bertz CT molecular complexity index is 597. The lowest BCUT2D eigenvalue weighted by Gasteiger charge is -2.48. The maximum Gasteiger partial charge on any atom is 0.0446 e. The molecule has 1 aliphatic carbocycles. The summed E-state index contributed by atoms with van der Waals surface area (Å²) in [5.74, 6) is 0.770. The van der Waals surface area contributed by atoms with Crippen LogP contribution in [-0.4, -0.2) is 35.1 Å². The first kappa shape index (κ1) is 13.4. The van der Waals surface area contributed by atoms with Crippen LogP contribution >= 0.6 is 0 Å². The van der Waals surface area contributed by atoms with Gasteiger partial charge in [0.15, 0.2) is 0 Å². The molecule has 1 aromatic carbocycles. The van der Waals surface area contributed by atoms with E-state index in [1.807, 2.05) is 0 Å². The van der Waals surface area contributed by atoms with Gasteiger partial charge in [-0.05, 0) is 51.2 Å². The van der Waals surface area contributed by atoms with Gasteiger partial charge in [0.2, 0.25) is 0 Å². The molecule has 0 spiro atoms. The molecule has 0 N–H and O–H groups in total. The van der Waals surface area contributed by atoms with E-state index in [0.717, 1.165) is 24.0 Å². The minimum absolute atomic E-state index is 0.382. The Labute approximate surface area is 134 Å². The van der Waals surface area contributed by atoms with Crippen molar-refractivity contribution >= 4 is 5.69 Å². The topological polar surface area (TPSA) is 6.25 Å². The Kier molecular flexibility index (Phi) is 2.75. The summed E-state index contributed by atoms with van der Waals surface area (Å²) in [6.07, 6.45) is 8.35. The monoisotopic (exact) mass is 296 g/mol. The van der Waals surface area contributed by atoms with Crippen LogP contribution in [0.3, 0.4) is 0 Å². The third kappa shape index (κ3) is 1.65. The molecule has 2 saturated heterocycles. The van der Waals surface area contributed by atoms with E-state index in [2.05, 4.69) is 47.9 Å². The highest BCUT2D eigenvalue weighted by Crippen LogP contribution is 2.56. The quantitative estimate of drug-likeness (QED) is 0.718. The first-order valence-electron chi connectivity index (χ1n) is 9.34. The fourth-order valence-corrected chi connectivity index (χ4v) is 6.10. The van der Waals surface area contributed by atoms with Crippen LogP contribution in [0.4, 0.5) is 5.69 Å². The zero-order valence-corrected chi connectivity index (χ0v) is 14.0. The van der Waals surface area contributed by atoms with Crippen LogP contribution in [0.25, 0.3) is 0 Å². The van der Waals surface area contributed by atoms with E-state index in [0.29, 0.717) is 5.54 Å². The fraction of sp³-hybridized carbons (Fsp3) is 0.700. The van der Waals surface area contributed by atoms with Gasteiger partial charge in [0.1, 0.15) is 0 Å². The van der Waals surface area contributed by atoms with E-state index in [-0.39, 0.29) is 0 Å². The van der Waals surface area contributed by atoms with Crippen molar-refractivity contribution < 1.29 is 0 Å². The Morgan fingerprint density at radius 3 is 2.86 bits per heavy atom. The summed E-state index contributed by atoms with van der Waals surface area (Å²) in [5, 5.41) is 0. The minimum Gasteiger partial charge on any atom is -0.362 e. The smallest absolute Gasteiger partial charge is 0.0446 e. The van der Waals surface area contributed by atoms with E-state index >= 15 is 0 Å². The lowest BCUT2D eigenvalue weighted by atomic mass is 9.72. The molecule has 6 unspecified atom stereocenters. The van der Waals surface area contributed by atoms with Crippen LogP contribution in [0, 0.1) is 0 Å². The number of benzene rings is 1. The summed E-state index contributed by atoms with van der Waals surface area (Å²) in [6, 6.07) is 11.8. The van der Waals surface area contributed by atoms with Gasteiger partial charge in [-0.25, -0.2) is 0 Å².